The Kier molecular flexibility index (Phi) is 10.2. The fourth-order valence-electron chi connectivity index (χ4n) is 5.09. The van der Waals surface area contributed by atoms with Gasteiger partial charge in [0.2, 0.25) is 0 Å². The molecule has 1 aromatic carbocycles. The van der Waals surface area contributed by atoms with Gasteiger partial charge in [-0.3, -0.25) is 15.0 Å². The number of ether oxygens (including phenoxy) is 2. The van der Waals surface area contributed by atoms with E-state index in [2.05, 4.69) is 45.0 Å². The Labute approximate surface area is 248 Å². The third kappa shape index (κ3) is 8.31. The summed E-state index contributed by atoms with van der Waals surface area (Å²) in [5, 5.41) is 26.5. The molecule has 2 aliphatic rings. The van der Waals surface area contributed by atoms with Gasteiger partial charge in [0, 0.05) is 48.5 Å². The summed E-state index contributed by atoms with van der Waals surface area (Å²) in [6.45, 7) is 7.71. The minimum Gasteiger partial charge on any atom is -0.490 e. The number of Topliss-reactive ketones (excluding diaryl/α,β-unsaturated/α-hetero) is 1. The molecule has 0 amide bonds. The van der Waals surface area contributed by atoms with Crippen molar-refractivity contribution < 1.29 is 24.2 Å². The lowest BCUT2D eigenvalue weighted by Gasteiger charge is -2.26. The molecular weight excluding hydrogens is 532 g/mol. The molecule has 2 heterocycles. The topological polar surface area (TPSA) is 137 Å². The Morgan fingerprint density at radius 3 is 2.57 bits per heavy atom. The molecule has 0 radical (unpaired) electrons. The average Bonchev–Trinajstić information content (AvgIpc) is 3.74. The molecule has 0 spiro atoms. The van der Waals surface area contributed by atoms with Gasteiger partial charge in [0.05, 0.1) is 25.8 Å². The lowest BCUT2D eigenvalue weighted by molar-refractivity contribution is -0.137. The van der Waals surface area contributed by atoms with Gasteiger partial charge in [0.15, 0.2) is 17.3 Å². The number of nitrogens with one attached hydrogen (secondary N) is 1. The van der Waals surface area contributed by atoms with E-state index in [-0.39, 0.29) is 24.2 Å². The maximum atomic E-state index is 13.1. The van der Waals surface area contributed by atoms with E-state index in [4.69, 9.17) is 30.2 Å². The van der Waals surface area contributed by atoms with Crippen LogP contribution in [-0.4, -0.2) is 52.3 Å². The van der Waals surface area contributed by atoms with Gasteiger partial charge in [-0.1, -0.05) is 32.9 Å². The van der Waals surface area contributed by atoms with Crippen LogP contribution in [0.1, 0.15) is 106 Å². The molecule has 0 bridgehead atoms. The summed E-state index contributed by atoms with van der Waals surface area (Å²) in [5.74, 6) is 1.29. The zero-order valence-electron chi connectivity index (χ0n) is 25.0. The maximum absolute atomic E-state index is 13.1. The Bertz CT molecular complexity index is 1350. The van der Waals surface area contributed by atoms with Crippen molar-refractivity contribution >= 4 is 17.6 Å². The van der Waals surface area contributed by atoms with Crippen LogP contribution in [0, 0.1) is 16.7 Å². The van der Waals surface area contributed by atoms with E-state index in [0.717, 1.165) is 35.2 Å². The molecule has 1 aromatic heterocycles. The fourth-order valence-corrected chi connectivity index (χ4v) is 5.09. The molecule has 42 heavy (non-hydrogen) atoms. The highest BCUT2D eigenvalue weighted by atomic mass is 16.5. The molecule has 4 rings (SSSR count). The lowest BCUT2D eigenvalue weighted by Crippen LogP contribution is -2.30. The number of rotatable bonds is 16. The number of pyridine rings is 1. The fraction of sp³-hybridized carbons (Fsp3) is 0.545. The summed E-state index contributed by atoms with van der Waals surface area (Å²) in [4.78, 5) is 30.5. The third-order valence-corrected chi connectivity index (χ3v) is 7.60. The predicted molar refractivity (Wildman–Crippen MR) is 159 cm³/mol. The minimum absolute atomic E-state index is 0.0579. The number of carboxylic acid groups (broad SMARTS) is 1. The smallest absolute Gasteiger partial charge is 0.303 e. The molecule has 0 atom stereocenters. The first kappa shape index (κ1) is 31.0. The molecule has 1 aliphatic heterocycles. The van der Waals surface area contributed by atoms with Gasteiger partial charge in [-0.25, -0.2) is 4.98 Å². The summed E-state index contributed by atoms with van der Waals surface area (Å²) < 4.78 is 12.3. The van der Waals surface area contributed by atoms with Crippen LogP contribution in [-0.2, 0) is 28.0 Å². The summed E-state index contributed by atoms with van der Waals surface area (Å²) in [5.41, 5.74) is 4.40. The molecule has 9 nitrogen and oxygen atoms in total. The molecule has 2 aromatic rings. The number of carbonyl (C=O) groups is 2. The second-order valence-corrected chi connectivity index (χ2v) is 12.3. The summed E-state index contributed by atoms with van der Waals surface area (Å²) >= 11 is 0. The third-order valence-electron chi connectivity index (χ3n) is 7.60. The highest BCUT2D eigenvalue weighted by Crippen LogP contribution is 2.41. The number of nitriles is 1. The van der Waals surface area contributed by atoms with E-state index >= 15 is 0 Å². The van der Waals surface area contributed by atoms with Crippen LogP contribution in [0.4, 0.5) is 0 Å². The molecule has 224 valence electrons. The van der Waals surface area contributed by atoms with Crippen LogP contribution in [0.25, 0.3) is 0 Å². The number of aryl methyl sites for hydroxylation is 1. The quantitative estimate of drug-likeness (QED) is 0.236. The molecule has 1 saturated carbocycles. The Hall–Kier alpha value is -3.93. The van der Waals surface area contributed by atoms with E-state index in [1.54, 1.807) is 0 Å². The van der Waals surface area contributed by atoms with Crippen LogP contribution in [0.3, 0.4) is 0 Å². The van der Waals surface area contributed by atoms with Gasteiger partial charge in [-0.15, -0.1) is 0 Å². The van der Waals surface area contributed by atoms with Gasteiger partial charge < -0.3 is 19.5 Å². The summed E-state index contributed by atoms with van der Waals surface area (Å²) in [7, 11) is 0. The lowest BCUT2D eigenvalue weighted by atomic mass is 9.84. The zero-order chi connectivity index (χ0) is 30.3. The van der Waals surface area contributed by atoms with E-state index in [1.807, 2.05) is 11.0 Å². The van der Waals surface area contributed by atoms with E-state index < -0.39 is 5.97 Å². The largest absolute Gasteiger partial charge is 0.490 e. The number of aromatic nitrogens is 1. The number of carboxylic acids is 1. The number of aliphatic carboxylic acids is 1. The van der Waals surface area contributed by atoms with Crippen molar-refractivity contribution in [2.24, 2.45) is 0 Å². The minimum atomic E-state index is -0.823. The number of benzene rings is 1. The second-order valence-electron chi connectivity index (χ2n) is 12.3. The van der Waals surface area contributed by atoms with Crippen molar-refractivity contribution in [3.8, 4) is 17.6 Å². The molecule has 9 heteroatoms. The standard InChI is InChI=1S/C33H42N4O5/c1-33(2,3)26-18-22(19-28(41-16-7-5-15-34)31(26)42-17-6-4-8-29(39)40)9-13-25(38)21-37-20-24-12-14-27(23-10-11-23)36-30(24)32(37)35/h12,14,18-19,23,35H,4-11,13,16-17,20-21H2,1-3H3,(H,39,40). The zero-order valence-corrected chi connectivity index (χ0v) is 25.0. The molecular formula is C33H42N4O5. The monoisotopic (exact) mass is 574 g/mol. The van der Waals surface area contributed by atoms with Gasteiger partial charge in [-0.05, 0) is 61.6 Å². The molecule has 0 unspecified atom stereocenters. The van der Waals surface area contributed by atoms with Crippen molar-refractivity contribution in [3.63, 3.8) is 0 Å². The summed E-state index contributed by atoms with van der Waals surface area (Å²) in [6, 6.07) is 10.2. The highest BCUT2D eigenvalue weighted by molar-refractivity contribution is 6.00. The number of unbranched alkanes of at least 4 members (excludes halogenated alkanes) is 2. The highest BCUT2D eigenvalue weighted by Gasteiger charge is 2.31. The van der Waals surface area contributed by atoms with Crippen molar-refractivity contribution in [2.75, 3.05) is 19.8 Å². The average molecular weight is 575 g/mol. The second kappa shape index (κ2) is 13.8. The van der Waals surface area contributed by atoms with E-state index in [1.165, 1.54) is 0 Å². The number of hydrogen-bond acceptors (Lipinski definition) is 7. The molecule has 0 saturated heterocycles. The Morgan fingerprint density at radius 2 is 1.88 bits per heavy atom. The van der Waals surface area contributed by atoms with Crippen molar-refractivity contribution in [3.05, 3.63) is 52.3 Å². The van der Waals surface area contributed by atoms with Gasteiger partial charge in [0.1, 0.15) is 11.5 Å². The van der Waals surface area contributed by atoms with E-state index in [0.29, 0.717) is 87.2 Å². The molecule has 2 N–H and O–H groups in total. The van der Waals surface area contributed by atoms with Crippen molar-refractivity contribution in [2.45, 2.75) is 96.4 Å². The first-order valence-corrected chi connectivity index (χ1v) is 14.9. The van der Waals surface area contributed by atoms with Crippen LogP contribution in [0.2, 0.25) is 0 Å². The van der Waals surface area contributed by atoms with Crippen LogP contribution in [0.15, 0.2) is 24.3 Å². The number of nitrogens with zero attached hydrogens (tertiary/aromatic N) is 3. The van der Waals surface area contributed by atoms with Gasteiger partial charge >= 0.3 is 5.97 Å². The number of hydrogen-bond donors (Lipinski definition) is 2. The maximum Gasteiger partial charge on any atom is 0.303 e. The first-order valence-electron chi connectivity index (χ1n) is 14.9. The number of fused-ring (bicyclic) bond motifs is 1. The number of amidine groups is 1. The number of carbonyl (C=O) groups excluding carboxylic acids is 1. The first-order chi connectivity index (χ1) is 20.1. The summed E-state index contributed by atoms with van der Waals surface area (Å²) in [6.07, 6.45) is 5.36. The predicted octanol–water partition coefficient (Wildman–Crippen LogP) is 5.92. The van der Waals surface area contributed by atoms with Crippen LogP contribution in [0.5, 0.6) is 11.5 Å². The van der Waals surface area contributed by atoms with E-state index in [9.17, 15) is 9.59 Å². The number of ketones is 1. The molecule has 1 aliphatic carbocycles. The Balaban J connectivity index is 1.43. The van der Waals surface area contributed by atoms with Gasteiger partial charge in [-0.2, -0.15) is 5.26 Å². The van der Waals surface area contributed by atoms with Crippen LogP contribution < -0.4 is 9.47 Å². The van der Waals surface area contributed by atoms with Crippen molar-refractivity contribution in [1.82, 2.24) is 9.88 Å². The van der Waals surface area contributed by atoms with Crippen LogP contribution >= 0.6 is 0 Å². The SMILES string of the molecule is CC(C)(C)c1cc(CCC(=O)CN2Cc3ccc(C4CC4)nc3C2=N)cc(OCCCC#N)c1OCCCCC(=O)O. The van der Waals surface area contributed by atoms with Gasteiger partial charge in [0.25, 0.3) is 0 Å². The molecule has 1 fully saturated rings. The normalized spacial score (nSPS) is 14.4. The van der Waals surface area contributed by atoms with Crippen molar-refractivity contribution in [1.29, 1.82) is 10.7 Å². The Morgan fingerprint density at radius 1 is 1.12 bits per heavy atom.